The maximum Gasteiger partial charge on any atom is 0.416 e. The monoisotopic (exact) mass is 374 g/mol. The Labute approximate surface area is 144 Å². The second-order valence-corrected chi connectivity index (χ2v) is 5.27. The maximum absolute atomic E-state index is 12.8. The van der Waals surface area contributed by atoms with Crippen molar-refractivity contribution in [2.45, 2.75) is 12.4 Å². The number of carbonyl (C=O) groups excluding carboxylic acids is 1. The molecule has 0 aliphatic carbocycles. The van der Waals surface area contributed by atoms with Gasteiger partial charge in [0, 0.05) is 5.56 Å². The zero-order valence-corrected chi connectivity index (χ0v) is 13.3. The fourth-order valence-corrected chi connectivity index (χ4v) is 2.12. The van der Waals surface area contributed by atoms with E-state index in [1.165, 1.54) is 25.3 Å². The highest BCUT2D eigenvalue weighted by Crippen LogP contribution is 2.36. The number of allylic oxidation sites excluding steroid dienone is 1. The average Bonchev–Trinajstić information content (AvgIpc) is 2.58. The first-order valence-electron chi connectivity index (χ1n) is 7.16. The largest absolute Gasteiger partial charge is 0.497 e. The van der Waals surface area contributed by atoms with Crippen molar-refractivity contribution < 1.29 is 35.9 Å². The molecule has 0 aliphatic heterocycles. The summed E-state index contributed by atoms with van der Waals surface area (Å²) in [5, 5.41) is 0. The number of benzene rings is 2. The normalized spacial score (nSPS) is 12.4. The number of ketones is 1. The molecule has 26 heavy (non-hydrogen) atoms. The van der Waals surface area contributed by atoms with Gasteiger partial charge in [0.15, 0.2) is 5.78 Å². The van der Waals surface area contributed by atoms with Crippen LogP contribution in [0, 0.1) is 0 Å². The minimum Gasteiger partial charge on any atom is -0.497 e. The zero-order valence-electron chi connectivity index (χ0n) is 13.3. The topological polar surface area (TPSA) is 26.3 Å². The zero-order chi connectivity index (χ0) is 19.5. The highest BCUT2D eigenvalue weighted by Gasteiger charge is 2.36. The molecule has 0 saturated carbocycles. The summed E-state index contributed by atoms with van der Waals surface area (Å²) >= 11 is 0. The van der Waals surface area contributed by atoms with E-state index in [4.69, 9.17) is 4.74 Å². The van der Waals surface area contributed by atoms with Gasteiger partial charge in [0.05, 0.1) is 18.2 Å². The van der Waals surface area contributed by atoms with E-state index in [0.717, 1.165) is 12.2 Å². The van der Waals surface area contributed by atoms with Crippen LogP contribution in [0.25, 0.3) is 6.08 Å². The Morgan fingerprint density at radius 1 is 0.923 bits per heavy atom. The number of methoxy groups -OCH3 is 1. The lowest BCUT2D eigenvalue weighted by Crippen LogP contribution is -2.11. The van der Waals surface area contributed by atoms with Crippen molar-refractivity contribution in [2.24, 2.45) is 0 Å². The van der Waals surface area contributed by atoms with Gasteiger partial charge < -0.3 is 4.74 Å². The molecule has 0 aliphatic rings. The third-order valence-electron chi connectivity index (χ3n) is 3.39. The highest BCUT2D eigenvalue weighted by atomic mass is 19.4. The van der Waals surface area contributed by atoms with E-state index in [9.17, 15) is 31.1 Å². The molecule has 0 bridgehead atoms. The summed E-state index contributed by atoms with van der Waals surface area (Å²) in [6, 6.07) is 7.09. The first-order chi connectivity index (χ1) is 12.0. The van der Waals surface area contributed by atoms with E-state index in [2.05, 4.69) is 0 Å². The molecule has 0 spiro atoms. The van der Waals surface area contributed by atoms with E-state index in [-0.39, 0.29) is 17.2 Å². The van der Waals surface area contributed by atoms with Crippen LogP contribution in [-0.4, -0.2) is 12.9 Å². The number of alkyl halides is 6. The van der Waals surface area contributed by atoms with Crippen molar-refractivity contribution >= 4 is 11.9 Å². The summed E-state index contributed by atoms with van der Waals surface area (Å²) in [7, 11) is 1.39. The summed E-state index contributed by atoms with van der Waals surface area (Å²) in [6.45, 7) is 0. The molecule has 2 aromatic rings. The third kappa shape index (κ3) is 4.87. The van der Waals surface area contributed by atoms with E-state index in [0.29, 0.717) is 17.9 Å². The molecule has 0 radical (unpaired) electrons. The van der Waals surface area contributed by atoms with E-state index in [1.54, 1.807) is 6.07 Å². The Balaban J connectivity index is 2.38. The van der Waals surface area contributed by atoms with E-state index < -0.39 is 29.3 Å². The van der Waals surface area contributed by atoms with Crippen LogP contribution in [0.4, 0.5) is 26.3 Å². The first-order valence-corrected chi connectivity index (χ1v) is 7.16. The van der Waals surface area contributed by atoms with Crippen molar-refractivity contribution in [2.75, 3.05) is 7.11 Å². The van der Waals surface area contributed by atoms with Crippen molar-refractivity contribution in [3.63, 3.8) is 0 Å². The van der Waals surface area contributed by atoms with Gasteiger partial charge in [-0.15, -0.1) is 0 Å². The molecule has 0 amide bonds. The van der Waals surface area contributed by atoms with Crippen LogP contribution in [0.3, 0.4) is 0 Å². The van der Waals surface area contributed by atoms with Gasteiger partial charge >= 0.3 is 12.4 Å². The summed E-state index contributed by atoms with van der Waals surface area (Å²) in [5.41, 5.74) is -3.09. The molecular formula is C18H12F6O2. The summed E-state index contributed by atoms with van der Waals surface area (Å²) in [5.74, 6) is -0.197. The van der Waals surface area contributed by atoms with Gasteiger partial charge in [-0.1, -0.05) is 18.2 Å². The van der Waals surface area contributed by atoms with Gasteiger partial charge in [0.25, 0.3) is 0 Å². The molecule has 0 heterocycles. The standard InChI is InChI=1S/C18H12F6O2/c1-26-15-4-2-3-12(9-15)16(25)6-5-11-7-13(17(19,20)21)10-14(8-11)18(22,23)24/h2-10H,1H3. The number of hydrogen-bond acceptors (Lipinski definition) is 2. The molecule has 0 fully saturated rings. The smallest absolute Gasteiger partial charge is 0.416 e. The fourth-order valence-electron chi connectivity index (χ4n) is 2.12. The van der Waals surface area contributed by atoms with Crippen molar-refractivity contribution in [3.8, 4) is 5.75 Å². The number of ether oxygens (including phenoxy) is 1. The number of halogens is 6. The van der Waals surface area contributed by atoms with Crippen LogP contribution in [0.15, 0.2) is 48.5 Å². The Morgan fingerprint density at radius 2 is 1.50 bits per heavy atom. The van der Waals surface area contributed by atoms with Crippen molar-refractivity contribution in [1.82, 2.24) is 0 Å². The average molecular weight is 374 g/mol. The van der Waals surface area contributed by atoms with Crippen molar-refractivity contribution in [3.05, 3.63) is 70.8 Å². The van der Waals surface area contributed by atoms with Gasteiger partial charge in [0.1, 0.15) is 5.75 Å². The predicted octanol–water partition coefficient (Wildman–Crippen LogP) is 5.63. The lowest BCUT2D eigenvalue weighted by atomic mass is 10.0. The molecule has 2 nitrogen and oxygen atoms in total. The Morgan fingerprint density at radius 3 is 2.00 bits per heavy atom. The molecule has 0 N–H and O–H groups in total. The fraction of sp³-hybridized carbons (Fsp3) is 0.167. The molecule has 138 valence electrons. The van der Waals surface area contributed by atoms with Crippen LogP contribution in [0.1, 0.15) is 27.0 Å². The van der Waals surface area contributed by atoms with Crippen LogP contribution in [0.5, 0.6) is 5.75 Å². The SMILES string of the molecule is COc1cccc(C(=O)C=Cc2cc(C(F)(F)F)cc(C(F)(F)F)c2)c1. The molecule has 0 unspecified atom stereocenters. The summed E-state index contributed by atoms with van der Waals surface area (Å²) in [6.07, 6.45) is -8.07. The van der Waals surface area contributed by atoms with Crippen molar-refractivity contribution in [1.29, 1.82) is 0 Å². The number of hydrogen-bond donors (Lipinski definition) is 0. The van der Waals surface area contributed by atoms with Gasteiger partial charge in [-0.05, 0) is 42.0 Å². The van der Waals surface area contributed by atoms with Gasteiger partial charge in [0.2, 0.25) is 0 Å². The predicted molar refractivity (Wildman–Crippen MR) is 82.8 cm³/mol. The minimum absolute atomic E-state index is 0.0290. The van der Waals surface area contributed by atoms with Gasteiger partial charge in [-0.3, -0.25) is 4.79 Å². The summed E-state index contributed by atoms with van der Waals surface area (Å²) in [4.78, 5) is 12.1. The minimum atomic E-state index is -4.94. The molecule has 2 aromatic carbocycles. The Hall–Kier alpha value is -2.77. The molecule has 0 aromatic heterocycles. The number of rotatable bonds is 4. The second-order valence-electron chi connectivity index (χ2n) is 5.27. The molecule has 8 heteroatoms. The Bertz CT molecular complexity index is 802. The first kappa shape index (κ1) is 19.6. The second kappa shape index (κ2) is 7.23. The van der Waals surface area contributed by atoms with E-state index in [1.807, 2.05) is 0 Å². The number of carbonyl (C=O) groups is 1. The maximum atomic E-state index is 12.8. The van der Waals surface area contributed by atoms with E-state index >= 15 is 0 Å². The Kier molecular flexibility index (Phi) is 5.44. The molecule has 0 saturated heterocycles. The van der Waals surface area contributed by atoms with Crippen LogP contribution >= 0.6 is 0 Å². The molecule has 2 rings (SSSR count). The van der Waals surface area contributed by atoms with Crippen LogP contribution < -0.4 is 4.74 Å². The van der Waals surface area contributed by atoms with Gasteiger partial charge in [-0.2, -0.15) is 26.3 Å². The molecular weight excluding hydrogens is 362 g/mol. The van der Waals surface area contributed by atoms with Crippen LogP contribution in [0.2, 0.25) is 0 Å². The van der Waals surface area contributed by atoms with Crippen LogP contribution in [-0.2, 0) is 12.4 Å². The molecule has 0 atom stereocenters. The lowest BCUT2D eigenvalue weighted by molar-refractivity contribution is -0.143. The summed E-state index contributed by atoms with van der Waals surface area (Å²) < 4.78 is 81.8. The van der Waals surface area contributed by atoms with Gasteiger partial charge in [-0.25, -0.2) is 0 Å². The third-order valence-corrected chi connectivity index (χ3v) is 3.39. The highest BCUT2D eigenvalue weighted by molar-refractivity contribution is 6.07. The quantitative estimate of drug-likeness (QED) is 0.394. The lowest BCUT2D eigenvalue weighted by Gasteiger charge is -2.12.